The zero-order chi connectivity index (χ0) is 14.4. The van der Waals surface area contributed by atoms with Crippen molar-refractivity contribution in [2.24, 2.45) is 0 Å². The summed E-state index contributed by atoms with van der Waals surface area (Å²) in [6, 6.07) is 10.7. The van der Waals surface area contributed by atoms with Gasteiger partial charge in [0.2, 0.25) is 5.91 Å². The minimum atomic E-state index is 0.115. The Kier molecular flexibility index (Phi) is 5.56. The Hall–Kier alpha value is -1.39. The average Bonchev–Trinajstić information content (AvgIpc) is 2.83. The Morgan fingerprint density at radius 3 is 2.80 bits per heavy atom. The summed E-state index contributed by atoms with van der Waals surface area (Å²) in [5.41, 5.74) is 1.23. The van der Waals surface area contributed by atoms with E-state index in [0.29, 0.717) is 12.6 Å². The van der Waals surface area contributed by atoms with E-state index in [9.17, 15) is 4.79 Å². The number of nitrogens with zero attached hydrogens (tertiary/aromatic N) is 2. The summed E-state index contributed by atoms with van der Waals surface area (Å²) in [7, 11) is 4.11. The second kappa shape index (κ2) is 7.41. The highest BCUT2D eigenvalue weighted by Crippen LogP contribution is 2.13. The first-order valence-electron chi connectivity index (χ1n) is 7.34. The molecule has 4 nitrogen and oxygen atoms in total. The maximum absolute atomic E-state index is 11.9. The fourth-order valence-electron chi connectivity index (χ4n) is 2.72. The number of benzene rings is 1. The lowest BCUT2D eigenvalue weighted by atomic mass is 10.2. The van der Waals surface area contributed by atoms with Gasteiger partial charge in [0.1, 0.15) is 0 Å². The summed E-state index contributed by atoms with van der Waals surface area (Å²) in [6.07, 6.45) is 2.43. The summed E-state index contributed by atoms with van der Waals surface area (Å²) in [5, 5.41) is 3.05. The number of hydrogen-bond acceptors (Lipinski definition) is 3. The fraction of sp³-hybridized carbons (Fsp3) is 0.562. The molecule has 1 aromatic rings. The summed E-state index contributed by atoms with van der Waals surface area (Å²) in [4.78, 5) is 16.3. The van der Waals surface area contributed by atoms with E-state index < -0.39 is 0 Å². The van der Waals surface area contributed by atoms with E-state index in [2.05, 4.69) is 29.4 Å². The number of carbonyl (C=O) groups excluding carboxylic acids is 1. The Bertz CT molecular complexity index is 421. The number of hydrogen-bond donors (Lipinski definition) is 1. The lowest BCUT2D eigenvalue weighted by Crippen LogP contribution is -2.41. The molecule has 1 saturated heterocycles. The summed E-state index contributed by atoms with van der Waals surface area (Å²) >= 11 is 0. The molecule has 110 valence electrons. The zero-order valence-electron chi connectivity index (χ0n) is 12.5. The first kappa shape index (κ1) is 15.0. The van der Waals surface area contributed by atoms with Crippen LogP contribution in [-0.2, 0) is 11.3 Å². The van der Waals surface area contributed by atoms with Gasteiger partial charge in [-0.1, -0.05) is 30.3 Å². The van der Waals surface area contributed by atoms with E-state index in [1.807, 2.05) is 30.1 Å². The van der Waals surface area contributed by atoms with Gasteiger partial charge in [-0.25, -0.2) is 0 Å². The maximum atomic E-state index is 11.9. The van der Waals surface area contributed by atoms with Crippen LogP contribution in [-0.4, -0.2) is 55.5 Å². The van der Waals surface area contributed by atoms with Crippen LogP contribution < -0.4 is 5.32 Å². The van der Waals surface area contributed by atoms with Gasteiger partial charge < -0.3 is 10.2 Å². The molecule has 0 spiro atoms. The molecule has 0 bridgehead atoms. The molecule has 0 aliphatic carbocycles. The lowest BCUT2D eigenvalue weighted by Gasteiger charge is -2.21. The standard InChI is InChI=1S/C16H25N3O/c1-18(12-14-7-4-3-5-8-14)13-16(20)17-11-15-9-6-10-19(15)2/h3-5,7-8,15H,6,9-13H2,1-2H3,(H,17,20)/t15-/m1/s1. The van der Waals surface area contributed by atoms with Crippen LogP contribution in [0.3, 0.4) is 0 Å². The first-order chi connectivity index (χ1) is 9.65. The van der Waals surface area contributed by atoms with Crippen molar-refractivity contribution >= 4 is 5.91 Å². The third-order valence-corrected chi connectivity index (χ3v) is 3.92. The van der Waals surface area contributed by atoms with E-state index >= 15 is 0 Å². The van der Waals surface area contributed by atoms with Gasteiger partial charge in [-0.15, -0.1) is 0 Å². The number of rotatable bonds is 6. The largest absolute Gasteiger partial charge is 0.353 e. The smallest absolute Gasteiger partial charge is 0.234 e. The SMILES string of the molecule is CN(CC(=O)NC[C@H]1CCCN1C)Cc1ccccc1. The topological polar surface area (TPSA) is 35.6 Å². The molecule has 1 amide bonds. The summed E-state index contributed by atoms with van der Waals surface area (Å²) in [6.45, 7) is 3.17. The summed E-state index contributed by atoms with van der Waals surface area (Å²) < 4.78 is 0. The molecule has 20 heavy (non-hydrogen) atoms. The van der Waals surface area contributed by atoms with Gasteiger partial charge in [0.15, 0.2) is 0 Å². The average molecular weight is 275 g/mol. The Balaban J connectivity index is 1.68. The summed E-state index contributed by atoms with van der Waals surface area (Å²) in [5.74, 6) is 0.115. The van der Waals surface area contributed by atoms with Crippen LogP contribution >= 0.6 is 0 Å². The molecule has 1 heterocycles. The Labute approximate surface area is 121 Å². The van der Waals surface area contributed by atoms with E-state index in [1.165, 1.54) is 18.4 Å². The lowest BCUT2D eigenvalue weighted by molar-refractivity contribution is -0.122. The van der Waals surface area contributed by atoms with Gasteiger partial charge in [-0.2, -0.15) is 0 Å². The van der Waals surface area contributed by atoms with Crippen molar-refractivity contribution in [2.75, 3.05) is 33.7 Å². The van der Waals surface area contributed by atoms with Crippen LogP contribution in [0.1, 0.15) is 18.4 Å². The minimum absolute atomic E-state index is 0.115. The molecule has 0 saturated carbocycles. The van der Waals surface area contributed by atoms with Gasteiger partial charge >= 0.3 is 0 Å². The van der Waals surface area contributed by atoms with Crippen molar-refractivity contribution in [1.82, 2.24) is 15.1 Å². The molecule has 0 aromatic heterocycles. The van der Waals surface area contributed by atoms with Crippen LogP contribution in [0.25, 0.3) is 0 Å². The van der Waals surface area contributed by atoms with Gasteiger partial charge in [0, 0.05) is 19.1 Å². The maximum Gasteiger partial charge on any atom is 0.234 e. The Morgan fingerprint density at radius 2 is 2.15 bits per heavy atom. The Morgan fingerprint density at radius 1 is 1.40 bits per heavy atom. The van der Waals surface area contributed by atoms with Crippen molar-refractivity contribution in [3.05, 3.63) is 35.9 Å². The molecule has 1 aliphatic rings. The van der Waals surface area contributed by atoms with E-state index in [-0.39, 0.29) is 5.91 Å². The third-order valence-electron chi connectivity index (χ3n) is 3.92. The molecular formula is C16H25N3O. The van der Waals surface area contributed by atoms with Crippen LogP contribution in [0.2, 0.25) is 0 Å². The highest BCUT2D eigenvalue weighted by Gasteiger charge is 2.21. The van der Waals surface area contributed by atoms with Gasteiger partial charge in [0.25, 0.3) is 0 Å². The zero-order valence-corrected chi connectivity index (χ0v) is 12.5. The second-order valence-corrected chi connectivity index (χ2v) is 5.74. The van der Waals surface area contributed by atoms with Gasteiger partial charge in [-0.3, -0.25) is 9.69 Å². The third kappa shape index (κ3) is 4.62. The van der Waals surface area contributed by atoms with Crippen molar-refractivity contribution in [2.45, 2.75) is 25.4 Å². The van der Waals surface area contributed by atoms with E-state index in [4.69, 9.17) is 0 Å². The molecule has 4 heteroatoms. The number of nitrogens with one attached hydrogen (secondary N) is 1. The predicted octanol–water partition coefficient (Wildman–Crippen LogP) is 1.33. The number of carbonyl (C=O) groups is 1. The predicted molar refractivity (Wildman–Crippen MR) is 81.4 cm³/mol. The molecule has 1 aromatic carbocycles. The van der Waals surface area contributed by atoms with Gasteiger partial charge in [0.05, 0.1) is 6.54 Å². The highest BCUT2D eigenvalue weighted by molar-refractivity contribution is 5.78. The van der Waals surface area contributed by atoms with Crippen LogP contribution in [0.15, 0.2) is 30.3 Å². The molecule has 1 N–H and O–H groups in total. The minimum Gasteiger partial charge on any atom is -0.353 e. The quantitative estimate of drug-likeness (QED) is 0.851. The van der Waals surface area contributed by atoms with Crippen molar-refractivity contribution in [1.29, 1.82) is 0 Å². The van der Waals surface area contributed by atoms with Crippen molar-refractivity contribution in [3.8, 4) is 0 Å². The molecule has 1 aliphatic heterocycles. The number of amides is 1. The molecule has 0 radical (unpaired) electrons. The first-order valence-corrected chi connectivity index (χ1v) is 7.34. The number of likely N-dealkylation sites (N-methyl/N-ethyl adjacent to an activating group) is 2. The molecule has 1 fully saturated rings. The highest BCUT2D eigenvalue weighted by atomic mass is 16.2. The second-order valence-electron chi connectivity index (χ2n) is 5.74. The van der Waals surface area contributed by atoms with E-state index in [0.717, 1.165) is 19.6 Å². The van der Waals surface area contributed by atoms with Crippen LogP contribution in [0, 0.1) is 0 Å². The number of likely N-dealkylation sites (tertiary alicyclic amines) is 1. The molecule has 0 unspecified atom stereocenters. The molecule has 2 rings (SSSR count). The van der Waals surface area contributed by atoms with Crippen LogP contribution in [0.4, 0.5) is 0 Å². The van der Waals surface area contributed by atoms with Crippen molar-refractivity contribution in [3.63, 3.8) is 0 Å². The van der Waals surface area contributed by atoms with E-state index in [1.54, 1.807) is 0 Å². The van der Waals surface area contributed by atoms with Crippen molar-refractivity contribution < 1.29 is 4.79 Å². The monoisotopic (exact) mass is 275 g/mol. The molecule has 1 atom stereocenters. The fourth-order valence-corrected chi connectivity index (χ4v) is 2.72. The molecular weight excluding hydrogens is 250 g/mol. The van der Waals surface area contributed by atoms with Crippen LogP contribution in [0.5, 0.6) is 0 Å². The van der Waals surface area contributed by atoms with Gasteiger partial charge in [-0.05, 0) is 39.0 Å². The normalized spacial score (nSPS) is 19.4.